The number of rotatable bonds is 13. The quantitative estimate of drug-likeness (QED) is 0.114. The van der Waals surface area contributed by atoms with Crippen molar-refractivity contribution in [3.8, 4) is 22.3 Å². The summed E-state index contributed by atoms with van der Waals surface area (Å²) < 4.78 is 0. The number of fused-ring (bicyclic) bond motifs is 3. The van der Waals surface area contributed by atoms with E-state index >= 15 is 0 Å². The van der Waals surface area contributed by atoms with Crippen molar-refractivity contribution in [3.05, 3.63) is 302 Å². The monoisotopic (exact) mass is 938 g/mol. The number of para-hydroxylation sites is 5. The average Bonchev–Trinajstić information content (AvgIpc) is 3.69. The fourth-order valence-corrected chi connectivity index (χ4v) is 10.6. The Kier molecular flexibility index (Phi) is 11.9. The van der Waals surface area contributed by atoms with Gasteiger partial charge in [0, 0.05) is 73.7 Å². The summed E-state index contributed by atoms with van der Waals surface area (Å²) in [5.41, 5.74) is 20.6. The minimum absolute atomic E-state index is 0.144. The Morgan fingerprint density at radius 2 is 0.438 bits per heavy atom. The first-order chi connectivity index (χ1) is 36.0. The van der Waals surface area contributed by atoms with E-state index in [1.807, 2.05) is 0 Å². The molecule has 0 aromatic heterocycles. The van der Waals surface area contributed by atoms with Crippen LogP contribution >= 0.6 is 0 Å². The summed E-state index contributed by atoms with van der Waals surface area (Å²) >= 11 is 0. The average molecular weight is 939 g/mol. The van der Waals surface area contributed by atoms with Crippen molar-refractivity contribution in [3.63, 3.8) is 0 Å². The lowest BCUT2D eigenvalue weighted by molar-refractivity contribution is 0.660. The summed E-state index contributed by atoms with van der Waals surface area (Å²) in [6.45, 7) is 4.70. The van der Waals surface area contributed by atoms with E-state index in [-0.39, 0.29) is 5.41 Å². The molecule has 0 radical (unpaired) electrons. The van der Waals surface area contributed by atoms with Gasteiger partial charge in [-0.1, -0.05) is 159 Å². The molecule has 0 saturated heterocycles. The van der Waals surface area contributed by atoms with E-state index in [1.165, 1.54) is 22.3 Å². The van der Waals surface area contributed by atoms with Crippen molar-refractivity contribution in [1.82, 2.24) is 0 Å². The Balaban J connectivity index is 0.902. The van der Waals surface area contributed by atoms with Crippen LogP contribution in [-0.4, -0.2) is 0 Å². The van der Waals surface area contributed by atoms with Crippen LogP contribution in [0.4, 0.5) is 68.2 Å². The van der Waals surface area contributed by atoms with Gasteiger partial charge in [0.15, 0.2) is 0 Å². The second-order valence-corrected chi connectivity index (χ2v) is 19.0. The molecule has 12 rings (SSSR count). The summed E-state index contributed by atoms with van der Waals surface area (Å²) in [6, 6.07) is 105. The number of anilines is 12. The highest BCUT2D eigenvalue weighted by Gasteiger charge is 2.36. The molecule has 0 fully saturated rings. The molecule has 1 aliphatic rings. The molecule has 4 nitrogen and oxygen atoms in total. The molecule has 1 aliphatic carbocycles. The fourth-order valence-electron chi connectivity index (χ4n) is 10.6. The third-order valence-electron chi connectivity index (χ3n) is 14.2. The Labute approximate surface area is 429 Å². The zero-order chi connectivity index (χ0) is 49.1. The molecule has 0 atom stereocenters. The molecule has 0 spiro atoms. The minimum atomic E-state index is -0.144. The topological polar surface area (TPSA) is 13.0 Å². The van der Waals surface area contributed by atoms with Crippen LogP contribution in [-0.2, 0) is 5.41 Å². The smallest absolute Gasteiger partial charge is 0.0465 e. The highest BCUT2D eigenvalue weighted by molar-refractivity contribution is 5.88. The van der Waals surface area contributed by atoms with E-state index < -0.39 is 0 Å². The van der Waals surface area contributed by atoms with Gasteiger partial charge in [0.05, 0.1) is 0 Å². The second-order valence-electron chi connectivity index (χ2n) is 19.0. The van der Waals surface area contributed by atoms with Crippen LogP contribution in [0, 0.1) is 0 Å². The van der Waals surface area contributed by atoms with Gasteiger partial charge >= 0.3 is 0 Å². The highest BCUT2D eigenvalue weighted by Crippen LogP contribution is 2.51. The highest BCUT2D eigenvalue weighted by atomic mass is 15.2. The van der Waals surface area contributed by atoms with Crippen molar-refractivity contribution in [2.45, 2.75) is 19.3 Å². The normalized spacial score (nSPS) is 12.1. The summed E-state index contributed by atoms with van der Waals surface area (Å²) in [4.78, 5) is 9.33. The van der Waals surface area contributed by atoms with Crippen LogP contribution in [0.5, 0.6) is 0 Å². The van der Waals surface area contributed by atoms with Crippen LogP contribution in [0.25, 0.3) is 22.3 Å². The predicted molar refractivity (Wildman–Crippen MR) is 308 cm³/mol. The molecular weight excluding hydrogens is 885 g/mol. The molecule has 11 aromatic rings. The first-order valence-electron chi connectivity index (χ1n) is 25.1. The van der Waals surface area contributed by atoms with E-state index in [0.29, 0.717) is 0 Å². The molecule has 0 bridgehead atoms. The lowest BCUT2D eigenvalue weighted by Gasteiger charge is -2.30. The first kappa shape index (κ1) is 44.8. The van der Waals surface area contributed by atoms with Gasteiger partial charge in [-0.25, -0.2) is 0 Å². The molecule has 0 unspecified atom stereocenters. The van der Waals surface area contributed by atoms with Crippen molar-refractivity contribution >= 4 is 68.2 Å². The zero-order valence-corrected chi connectivity index (χ0v) is 41.0. The molecule has 4 heteroatoms. The van der Waals surface area contributed by atoms with Crippen LogP contribution in [0.2, 0.25) is 0 Å². The summed E-state index contributed by atoms with van der Waals surface area (Å²) in [5, 5.41) is 0. The van der Waals surface area contributed by atoms with Crippen LogP contribution in [0.3, 0.4) is 0 Å². The molecule has 0 amide bonds. The summed E-state index contributed by atoms with van der Waals surface area (Å²) in [7, 11) is 0. The third kappa shape index (κ3) is 8.70. The Morgan fingerprint density at radius 3 is 0.767 bits per heavy atom. The van der Waals surface area contributed by atoms with Crippen LogP contribution in [0.1, 0.15) is 25.0 Å². The second kappa shape index (κ2) is 19.4. The van der Waals surface area contributed by atoms with Gasteiger partial charge < -0.3 is 19.6 Å². The molecule has 0 aliphatic heterocycles. The van der Waals surface area contributed by atoms with E-state index in [0.717, 1.165) is 79.4 Å². The number of hydrogen-bond acceptors (Lipinski definition) is 4. The maximum absolute atomic E-state index is 2.41. The van der Waals surface area contributed by atoms with Gasteiger partial charge in [0.25, 0.3) is 0 Å². The molecule has 0 saturated carbocycles. The van der Waals surface area contributed by atoms with Crippen molar-refractivity contribution in [2.75, 3.05) is 19.6 Å². The molecule has 0 N–H and O–H groups in total. The number of hydrogen-bond donors (Lipinski definition) is 0. The molecular formula is C69H54N4. The van der Waals surface area contributed by atoms with Crippen LogP contribution < -0.4 is 19.6 Å². The van der Waals surface area contributed by atoms with Crippen molar-refractivity contribution in [2.24, 2.45) is 0 Å². The van der Waals surface area contributed by atoms with E-state index in [1.54, 1.807) is 0 Å². The standard InChI is InChI=1S/C69H54N4/c1-69(2)67-31-19-18-30-65(67)66-49-48-64(50-68(66)69)73(59-38-34-52(35-39-59)51-32-36-58(37-33-51)70(53-20-8-3-9-21-53)54-22-10-4-11-23-54)63-46-44-62(45-47-63)72(57-28-16-7-17-29-57)61-42-40-60(41-43-61)71(55-24-12-5-13-25-55)56-26-14-6-15-27-56/h3-50H,1-2H3. The van der Waals surface area contributed by atoms with Gasteiger partial charge in [0.1, 0.15) is 0 Å². The zero-order valence-electron chi connectivity index (χ0n) is 41.0. The van der Waals surface area contributed by atoms with E-state index in [4.69, 9.17) is 0 Å². The predicted octanol–water partition coefficient (Wildman–Crippen LogP) is 19.5. The lowest BCUT2D eigenvalue weighted by Crippen LogP contribution is -2.16. The molecule has 11 aromatic carbocycles. The number of nitrogens with zero attached hydrogens (tertiary/aromatic N) is 4. The Bertz CT molecular complexity index is 3520. The minimum Gasteiger partial charge on any atom is -0.311 e. The maximum Gasteiger partial charge on any atom is 0.0465 e. The third-order valence-corrected chi connectivity index (χ3v) is 14.2. The molecule has 0 heterocycles. The van der Waals surface area contributed by atoms with Gasteiger partial charge in [-0.05, 0) is 179 Å². The van der Waals surface area contributed by atoms with Gasteiger partial charge in [-0.15, -0.1) is 0 Å². The van der Waals surface area contributed by atoms with E-state index in [9.17, 15) is 0 Å². The maximum atomic E-state index is 2.41. The van der Waals surface area contributed by atoms with Crippen molar-refractivity contribution in [1.29, 1.82) is 0 Å². The van der Waals surface area contributed by atoms with Crippen molar-refractivity contribution < 1.29 is 0 Å². The lowest BCUT2D eigenvalue weighted by atomic mass is 9.82. The fraction of sp³-hybridized carbons (Fsp3) is 0.0435. The van der Waals surface area contributed by atoms with Gasteiger partial charge in [0.2, 0.25) is 0 Å². The first-order valence-corrected chi connectivity index (χ1v) is 25.1. The Hall–Kier alpha value is -9.38. The largest absolute Gasteiger partial charge is 0.311 e. The summed E-state index contributed by atoms with van der Waals surface area (Å²) in [6.07, 6.45) is 0. The number of benzene rings is 11. The molecule has 350 valence electrons. The van der Waals surface area contributed by atoms with E-state index in [2.05, 4.69) is 325 Å². The SMILES string of the molecule is CC1(C)c2ccccc2-c2ccc(N(c3ccc(-c4ccc(N(c5ccccc5)c5ccccc5)cc4)cc3)c3ccc(N(c4ccccc4)c4ccc(N(c5ccccc5)c5ccccc5)cc4)cc3)cc21. The Morgan fingerprint density at radius 1 is 0.205 bits per heavy atom. The summed E-state index contributed by atoms with van der Waals surface area (Å²) in [5.74, 6) is 0. The molecule has 73 heavy (non-hydrogen) atoms. The van der Waals surface area contributed by atoms with Gasteiger partial charge in [-0.2, -0.15) is 0 Å². The van der Waals surface area contributed by atoms with Gasteiger partial charge in [-0.3, -0.25) is 0 Å². The van der Waals surface area contributed by atoms with Crippen LogP contribution in [0.15, 0.2) is 291 Å².